The van der Waals surface area contributed by atoms with Crippen LogP contribution in [0.2, 0.25) is 0 Å². The SMILES string of the molecule is CCCCCCCCCC=CNC(=O)CO. The van der Waals surface area contributed by atoms with Crippen LogP contribution in [-0.2, 0) is 4.79 Å². The third-order valence-electron chi connectivity index (χ3n) is 2.48. The van der Waals surface area contributed by atoms with Crippen LogP contribution in [0.15, 0.2) is 12.3 Å². The molecule has 0 bridgehead atoms. The summed E-state index contributed by atoms with van der Waals surface area (Å²) in [6.45, 7) is 1.78. The molecule has 3 heteroatoms. The van der Waals surface area contributed by atoms with E-state index < -0.39 is 6.61 Å². The Morgan fingerprint density at radius 1 is 1.12 bits per heavy atom. The molecule has 0 saturated carbocycles. The number of carbonyl (C=O) groups excluding carboxylic acids is 1. The Labute approximate surface area is 98.9 Å². The first kappa shape index (κ1) is 15.2. The molecule has 0 fully saturated rings. The molecule has 0 aromatic rings. The molecule has 0 radical (unpaired) electrons. The third kappa shape index (κ3) is 11.2. The molecule has 0 aromatic carbocycles. The minimum Gasteiger partial charge on any atom is -0.387 e. The number of aliphatic hydroxyl groups excluding tert-OH is 1. The fourth-order valence-electron chi connectivity index (χ4n) is 1.50. The van der Waals surface area contributed by atoms with Crippen LogP contribution in [0, 0.1) is 0 Å². The summed E-state index contributed by atoms with van der Waals surface area (Å²) in [5, 5.41) is 10.9. The Hall–Kier alpha value is -0.830. The highest BCUT2D eigenvalue weighted by atomic mass is 16.3. The Morgan fingerprint density at radius 3 is 2.38 bits per heavy atom. The number of aliphatic hydroxyl groups is 1. The number of carbonyl (C=O) groups is 1. The van der Waals surface area contributed by atoms with Crippen LogP contribution in [0.25, 0.3) is 0 Å². The second kappa shape index (κ2) is 12.2. The lowest BCUT2D eigenvalue weighted by Crippen LogP contribution is -2.20. The first-order valence-electron chi connectivity index (χ1n) is 6.36. The number of hydrogen-bond donors (Lipinski definition) is 2. The monoisotopic (exact) mass is 227 g/mol. The standard InChI is InChI=1S/C13H25NO2/c1-2-3-4-5-6-7-8-9-10-11-14-13(16)12-15/h10-11,15H,2-9,12H2,1H3,(H,14,16). The van der Waals surface area contributed by atoms with Crippen molar-refractivity contribution in [1.82, 2.24) is 5.32 Å². The molecular formula is C13H25NO2. The van der Waals surface area contributed by atoms with Crippen molar-refractivity contribution in [2.45, 2.75) is 58.3 Å². The molecule has 0 rings (SSSR count). The Morgan fingerprint density at radius 2 is 1.75 bits per heavy atom. The highest BCUT2D eigenvalue weighted by molar-refractivity contribution is 5.77. The topological polar surface area (TPSA) is 49.3 Å². The van der Waals surface area contributed by atoms with Gasteiger partial charge >= 0.3 is 0 Å². The van der Waals surface area contributed by atoms with Gasteiger partial charge in [0.15, 0.2) is 0 Å². The highest BCUT2D eigenvalue weighted by Gasteiger charge is 1.91. The summed E-state index contributed by atoms with van der Waals surface area (Å²) in [5.74, 6) is -0.351. The van der Waals surface area contributed by atoms with Crippen LogP contribution in [0.1, 0.15) is 58.3 Å². The van der Waals surface area contributed by atoms with Gasteiger partial charge in [0, 0.05) is 0 Å². The number of rotatable bonds is 10. The average Bonchev–Trinajstić information content (AvgIpc) is 2.31. The van der Waals surface area contributed by atoms with Crippen molar-refractivity contribution >= 4 is 5.91 Å². The molecule has 3 nitrogen and oxygen atoms in total. The van der Waals surface area contributed by atoms with Gasteiger partial charge in [-0.15, -0.1) is 0 Å². The van der Waals surface area contributed by atoms with E-state index in [-0.39, 0.29) is 5.91 Å². The summed E-state index contributed by atoms with van der Waals surface area (Å²) in [7, 11) is 0. The molecule has 2 N–H and O–H groups in total. The number of amides is 1. The van der Waals surface area contributed by atoms with E-state index in [4.69, 9.17) is 5.11 Å². The van der Waals surface area contributed by atoms with Crippen molar-refractivity contribution in [2.24, 2.45) is 0 Å². The molecule has 94 valence electrons. The van der Waals surface area contributed by atoms with E-state index in [1.54, 1.807) is 6.20 Å². The summed E-state index contributed by atoms with van der Waals surface area (Å²) in [4.78, 5) is 10.6. The largest absolute Gasteiger partial charge is 0.387 e. The molecule has 0 saturated heterocycles. The Balaban J connectivity index is 3.11. The van der Waals surface area contributed by atoms with Crippen molar-refractivity contribution in [3.63, 3.8) is 0 Å². The molecule has 0 aliphatic heterocycles. The van der Waals surface area contributed by atoms with E-state index in [0.717, 1.165) is 6.42 Å². The van der Waals surface area contributed by atoms with Gasteiger partial charge in [-0.3, -0.25) is 4.79 Å². The normalized spacial score (nSPS) is 10.9. The van der Waals surface area contributed by atoms with Gasteiger partial charge < -0.3 is 10.4 Å². The summed E-state index contributed by atoms with van der Waals surface area (Å²) in [6.07, 6.45) is 13.7. The van der Waals surface area contributed by atoms with Crippen molar-refractivity contribution in [1.29, 1.82) is 0 Å². The molecule has 16 heavy (non-hydrogen) atoms. The van der Waals surface area contributed by atoms with Crippen molar-refractivity contribution in [3.05, 3.63) is 12.3 Å². The molecule has 0 unspecified atom stereocenters. The van der Waals surface area contributed by atoms with E-state index >= 15 is 0 Å². The summed E-state index contributed by atoms with van der Waals surface area (Å²) < 4.78 is 0. The second-order valence-electron chi connectivity index (χ2n) is 4.04. The van der Waals surface area contributed by atoms with Gasteiger partial charge in [0.1, 0.15) is 6.61 Å². The predicted molar refractivity (Wildman–Crippen MR) is 67.0 cm³/mol. The lowest BCUT2D eigenvalue weighted by molar-refractivity contribution is -0.122. The molecule has 0 aromatic heterocycles. The van der Waals surface area contributed by atoms with Crippen LogP contribution < -0.4 is 5.32 Å². The van der Waals surface area contributed by atoms with Gasteiger partial charge in [0.05, 0.1) is 0 Å². The first-order chi connectivity index (χ1) is 7.81. The van der Waals surface area contributed by atoms with Crippen molar-refractivity contribution < 1.29 is 9.90 Å². The second-order valence-corrected chi connectivity index (χ2v) is 4.04. The van der Waals surface area contributed by atoms with Gasteiger partial charge in [-0.2, -0.15) is 0 Å². The summed E-state index contributed by atoms with van der Waals surface area (Å²) >= 11 is 0. The fourth-order valence-corrected chi connectivity index (χ4v) is 1.50. The van der Waals surface area contributed by atoms with Crippen LogP contribution in [-0.4, -0.2) is 17.6 Å². The number of unbranched alkanes of at least 4 members (excludes halogenated alkanes) is 7. The zero-order valence-corrected chi connectivity index (χ0v) is 10.4. The summed E-state index contributed by atoms with van der Waals surface area (Å²) in [6, 6.07) is 0. The van der Waals surface area contributed by atoms with Gasteiger partial charge in [-0.05, 0) is 19.0 Å². The van der Waals surface area contributed by atoms with Crippen LogP contribution in [0.4, 0.5) is 0 Å². The van der Waals surface area contributed by atoms with E-state index in [9.17, 15) is 4.79 Å². The zero-order valence-electron chi connectivity index (χ0n) is 10.4. The molecular weight excluding hydrogens is 202 g/mol. The van der Waals surface area contributed by atoms with E-state index in [1.807, 2.05) is 6.08 Å². The first-order valence-corrected chi connectivity index (χ1v) is 6.36. The maximum atomic E-state index is 10.6. The zero-order chi connectivity index (χ0) is 12.1. The van der Waals surface area contributed by atoms with Gasteiger partial charge in [0.2, 0.25) is 5.91 Å². The van der Waals surface area contributed by atoms with Gasteiger partial charge in [-0.1, -0.05) is 51.5 Å². The van der Waals surface area contributed by atoms with Crippen LogP contribution in [0.5, 0.6) is 0 Å². The highest BCUT2D eigenvalue weighted by Crippen LogP contribution is 2.08. The summed E-state index contributed by atoms with van der Waals surface area (Å²) in [5.41, 5.74) is 0. The van der Waals surface area contributed by atoms with Crippen molar-refractivity contribution in [2.75, 3.05) is 6.61 Å². The van der Waals surface area contributed by atoms with E-state index in [1.165, 1.54) is 44.9 Å². The van der Waals surface area contributed by atoms with E-state index in [0.29, 0.717) is 0 Å². The third-order valence-corrected chi connectivity index (χ3v) is 2.48. The maximum Gasteiger partial charge on any atom is 0.249 e. The molecule has 0 atom stereocenters. The Kier molecular flexibility index (Phi) is 11.6. The van der Waals surface area contributed by atoms with Crippen LogP contribution >= 0.6 is 0 Å². The smallest absolute Gasteiger partial charge is 0.249 e. The minimum absolute atomic E-state index is 0.351. The average molecular weight is 227 g/mol. The number of allylic oxidation sites excluding steroid dienone is 1. The number of hydrogen-bond acceptors (Lipinski definition) is 2. The molecule has 0 spiro atoms. The minimum atomic E-state index is -0.443. The molecule has 0 aliphatic carbocycles. The lowest BCUT2D eigenvalue weighted by atomic mass is 10.1. The Bertz CT molecular complexity index is 190. The molecule has 0 aliphatic rings. The maximum absolute atomic E-state index is 10.6. The van der Waals surface area contributed by atoms with Crippen LogP contribution in [0.3, 0.4) is 0 Å². The van der Waals surface area contributed by atoms with Gasteiger partial charge in [0.25, 0.3) is 0 Å². The quantitative estimate of drug-likeness (QED) is 0.564. The molecule has 1 amide bonds. The lowest BCUT2D eigenvalue weighted by Gasteiger charge is -1.99. The predicted octanol–water partition coefficient (Wildman–Crippen LogP) is 2.75. The van der Waals surface area contributed by atoms with Gasteiger partial charge in [-0.25, -0.2) is 0 Å². The number of nitrogens with one attached hydrogen (secondary N) is 1. The van der Waals surface area contributed by atoms with E-state index in [2.05, 4.69) is 12.2 Å². The fraction of sp³-hybridized carbons (Fsp3) is 0.769. The molecule has 0 heterocycles. The van der Waals surface area contributed by atoms with Crippen molar-refractivity contribution in [3.8, 4) is 0 Å².